The van der Waals surface area contributed by atoms with Gasteiger partial charge in [-0.2, -0.15) is 12.1 Å². The Bertz CT molecular complexity index is 2090. The van der Waals surface area contributed by atoms with Crippen LogP contribution < -0.4 is 0 Å². The van der Waals surface area contributed by atoms with E-state index in [-0.39, 0.29) is 0 Å². The van der Waals surface area contributed by atoms with E-state index in [2.05, 4.69) is 183 Å². The number of halogens is 2. The zero-order valence-corrected chi connectivity index (χ0v) is 35.9. The summed E-state index contributed by atoms with van der Waals surface area (Å²) in [5.74, 6) is 0.584. The summed E-state index contributed by atoms with van der Waals surface area (Å²) in [5, 5.41) is 5.39. The molecule has 0 saturated carbocycles. The Kier molecular flexibility index (Phi) is 15.1. The molecule has 0 nitrogen and oxygen atoms in total. The first-order valence-corrected chi connectivity index (χ1v) is 25.5. The van der Waals surface area contributed by atoms with E-state index in [0.717, 1.165) is 9.52 Å². The van der Waals surface area contributed by atoms with Crippen LogP contribution in [0.4, 0.5) is 0 Å². The molecule has 0 heterocycles. The average Bonchev–Trinajstić information content (AvgIpc) is 3.68. The molecule has 2 radical (unpaired) electrons. The van der Waals surface area contributed by atoms with Gasteiger partial charge >= 0.3 is 37.9 Å². The molecular formula is C46H48Cl2SiZr. The standard InChI is InChI=1S/C26H25.C18H17.C2H6Si.2ClH.Zr/c1-16-6-17(2)9-21(8-16)22-14-24-12-20(5)13-25(24)26(15-22)23-10-18(3)7-19(4)11-23;1-13(2)16-11-15-9-6-10-17(18(15)12-16)14-7-4-3-5-8-14;1-3-2;;;/h6-15H,1-5H3;3-13H,1-2H3;1-2H3;2*1H;/q2*-1;;;;+4/p-2. The van der Waals surface area contributed by atoms with Gasteiger partial charge in [0, 0.05) is 9.52 Å². The van der Waals surface area contributed by atoms with Crippen molar-refractivity contribution in [3.8, 4) is 33.4 Å². The van der Waals surface area contributed by atoms with Crippen LogP contribution in [0.1, 0.15) is 53.1 Å². The van der Waals surface area contributed by atoms with Gasteiger partial charge in [-0.1, -0.05) is 152 Å². The van der Waals surface area contributed by atoms with Gasteiger partial charge in [-0.15, -0.1) is 63.0 Å². The molecule has 0 saturated heterocycles. The third kappa shape index (κ3) is 10.5. The van der Waals surface area contributed by atoms with Gasteiger partial charge < -0.3 is 0 Å². The topological polar surface area (TPSA) is 0 Å². The van der Waals surface area contributed by atoms with Crippen LogP contribution in [0.15, 0.2) is 121 Å². The summed E-state index contributed by atoms with van der Waals surface area (Å²) in [6.07, 6.45) is 0. The molecule has 0 aromatic heterocycles. The molecule has 0 spiro atoms. The molecule has 0 aliphatic carbocycles. The van der Waals surface area contributed by atoms with Crippen molar-refractivity contribution in [2.45, 2.75) is 67.5 Å². The molecule has 0 aliphatic rings. The molecule has 50 heavy (non-hydrogen) atoms. The Morgan fingerprint density at radius 2 is 1.04 bits per heavy atom. The van der Waals surface area contributed by atoms with Gasteiger partial charge in [-0.05, 0) is 50.3 Å². The van der Waals surface area contributed by atoms with Crippen LogP contribution in [0.2, 0.25) is 13.1 Å². The third-order valence-corrected chi connectivity index (χ3v) is 8.58. The normalized spacial score (nSPS) is 10.5. The minimum absolute atomic E-state index is 0.584. The second-order valence-electron chi connectivity index (χ2n) is 13.5. The molecule has 0 fully saturated rings. The predicted octanol–water partition coefficient (Wildman–Crippen LogP) is 14.9. The number of benzene rings is 5. The van der Waals surface area contributed by atoms with E-state index in [1.165, 1.54) is 88.3 Å². The van der Waals surface area contributed by atoms with Crippen LogP contribution in [0.5, 0.6) is 0 Å². The Balaban J connectivity index is 0.000000203. The maximum atomic E-state index is 4.93. The van der Waals surface area contributed by atoms with Crippen LogP contribution in [0, 0.1) is 34.6 Å². The summed E-state index contributed by atoms with van der Waals surface area (Å²) in [7, 11) is 11.0. The van der Waals surface area contributed by atoms with E-state index < -0.39 is 20.8 Å². The van der Waals surface area contributed by atoms with Gasteiger partial charge in [0.2, 0.25) is 0 Å². The van der Waals surface area contributed by atoms with Crippen molar-refractivity contribution in [1.29, 1.82) is 0 Å². The van der Waals surface area contributed by atoms with Crippen LogP contribution in [-0.2, 0) is 20.8 Å². The first-order chi connectivity index (χ1) is 24.0. The fourth-order valence-electron chi connectivity index (χ4n) is 6.61. The second-order valence-corrected chi connectivity index (χ2v) is 18.2. The summed E-state index contributed by atoms with van der Waals surface area (Å²) >= 11 is -0.826. The molecule has 7 rings (SSSR count). The maximum absolute atomic E-state index is 4.93. The summed E-state index contributed by atoms with van der Waals surface area (Å²) in [5.41, 5.74) is 15.9. The van der Waals surface area contributed by atoms with Crippen LogP contribution >= 0.6 is 17.0 Å². The van der Waals surface area contributed by atoms with Gasteiger partial charge in [-0.25, -0.2) is 0 Å². The molecule has 0 bridgehead atoms. The first-order valence-electron chi connectivity index (χ1n) is 17.2. The molecule has 0 N–H and O–H groups in total. The molecule has 0 amide bonds. The summed E-state index contributed by atoms with van der Waals surface area (Å²) in [4.78, 5) is 0. The number of aryl methyl sites for hydroxylation is 5. The molecule has 0 atom stereocenters. The van der Waals surface area contributed by atoms with Crippen molar-refractivity contribution >= 4 is 48.1 Å². The fourth-order valence-corrected chi connectivity index (χ4v) is 6.61. The van der Waals surface area contributed by atoms with E-state index in [1.54, 1.807) is 0 Å². The SMILES string of the molecule is CC(C)c1cc2c(-c3ccccc3)cccc2[cH-]1.C[Si]C.Cc1cc(C)cc(-c2cc(-c3cc(C)cc(C)c3)c3cc(C)[cH-]c3c2)c1.[Cl][Zr+2][Cl]. The molecule has 4 heteroatoms. The quantitative estimate of drug-likeness (QED) is 0.123. The van der Waals surface area contributed by atoms with Crippen molar-refractivity contribution in [3.63, 3.8) is 0 Å². The molecular weight excluding hydrogens is 743 g/mol. The molecule has 254 valence electrons. The Morgan fingerprint density at radius 3 is 1.60 bits per heavy atom. The molecule has 7 aromatic carbocycles. The average molecular weight is 791 g/mol. The van der Waals surface area contributed by atoms with Gasteiger partial charge in [0.05, 0.1) is 0 Å². The summed E-state index contributed by atoms with van der Waals surface area (Å²) in [6, 6.07) is 44.8. The molecule has 0 unspecified atom stereocenters. The van der Waals surface area contributed by atoms with E-state index in [0.29, 0.717) is 5.92 Å². The first kappa shape index (κ1) is 39.8. The number of hydrogen-bond acceptors (Lipinski definition) is 0. The Labute approximate surface area is 322 Å². The van der Waals surface area contributed by atoms with Gasteiger partial charge in [-0.3, -0.25) is 0 Å². The van der Waals surface area contributed by atoms with Gasteiger partial charge in [0.1, 0.15) is 0 Å². The number of rotatable bonds is 4. The Morgan fingerprint density at radius 1 is 0.520 bits per heavy atom. The van der Waals surface area contributed by atoms with E-state index in [4.69, 9.17) is 17.0 Å². The van der Waals surface area contributed by atoms with E-state index >= 15 is 0 Å². The third-order valence-electron chi connectivity index (χ3n) is 8.58. The fraction of sp³-hybridized carbons (Fsp3) is 0.217. The van der Waals surface area contributed by atoms with E-state index in [1.807, 2.05) is 0 Å². The van der Waals surface area contributed by atoms with Gasteiger partial charge in [0.15, 0.2) is 0 Å². The summed E-state index contributed by atoms with van der Waals surface area (Å²) < 4.78 is 0. The monoisotopic (exact) mass is 788 g/mol. The van der Waals surface area contributed by atoms with Crippen molar-refractivity contribution in [3.05, 3.63) is 155 Å². The number of fused-ring (bicyclic) bond motifs is 2. The summed E-state index contributed by atoms with van der Waals surface area (Å²) in [6.45, 7) is 19.7. The number of hydrogen-bond donors (Lipinski definition) is 0. The minimum atomic E-state index is -0.826. The van der Waals surface area contributed by atoms with Crippen molar-refractivity contribution in [1.82, 2.24) is 0 Å². The van der Waals surface area contributed by atoms with Gasteiger partial charge in [0.25, 0.3) is 0 Å². The van der Waals surface area contributed by atoms with Crippen LogP contribution in [0.3, 0.4) is 0 Å². The van der Waals surface area contributed by atoms with Crippen molar-refractivity contribution in [2.24, 2.45) is 0 Å². The molecule has 0 aliphatic heterocycles. The van der Waals surface area contributed by atoms with Crippen LogP contribution in [-0.4, -0.2) is 9.52 Å². The predicted molar refractivity (Wildman–Crippen MR) is 222 cm³/mol. The van der Waals surface area contributed by atoms with Crippen LogP contribution in [0.25, 0.3) is 54.9 Å². The zero-order chi connectivity index (χ0) is 36.4. The second kappa shape index (κ2) is 19.0. The van der Waals surface area contributed by atoms with E-state index in [9.17, 15) is 0 Å². The Hall–Kier alpha value is -3.00. The van der Waals surface area contributed by atoms with Crippen molar-refractivity contribution < 1.29 is 20.8 Å². The zero-order valence-electron chi connectivity index (χ0n) is 30.9. The van der Waals surface area contributed by atoms with Crippen molar-refractivity contribution in [2.75, 3.05) is 0 Å². The molecule has 7 aromatic rings.